The molecule has 1 rings (SSSR count). The van der Waals surface area contributed by atoms with Crippen LogP contribution in [0.25, 0.3) is 0 Å². The van der Waals surface area contributed by atoms with Gasteiger partial charge in [-0.05, 0) is 0 Å². The van der Waals surface area contributed by atoms with Gasteiger partial charge < -0.3 is 19.7 Å². The van der Waals surface area contributed by atoms with E-state index in [-0.39, 0.29) is 37.6 Å². The molecule has 0 saturated carbocycles. The predicted octanol–water partition coefficient (Wildman–Crippen LogP) is -1.42. The maximum Gasteiger partial charge on any atom is 0.304 e. The Balaban J connectivity index is 2.48. The number of hydrogen-bond acceptors (Lipinski definition) is 7. The summed E-state index contributed by atoms with van der Waals surface area (Å²) in [6.45, 7) is 1.32. The monoisotopic (exact) mass is 325 g/mol. The number of aliphatic hydroxyl groups excluding tert-OH is 1. The third kappa shape index (κ3) is 7.18. The first-order chi connectivity index (χ1) is 9.84. The average Bonchev–Trinajstić information content (AvgIpc) is 2.37. The van der Waals surface area contributed by atoms with Crippen molar-refractivity contribution in [2.24, 2.45) is 0 Å². The lowest BCUT2D eigenvalue weighted by Crippen LogP contribution is -2.52. The lowest BCUT2D eigenvalue weighted by atomic mass is 10.2. The van der Waals surface area contributed by atoms with Crippen molar-refractivity contribution in [3.05, 3.63) is 0 Å². The van der Waals surface area contributed by atoms with Gasteiger partial charge in [0, 0.05) is 26.2 Å². The van der Waals surface area contributed by atoms with Crippen LogP contribution >= 0.6 is 0 Å². The maximum absolute atomic E-state index is 11.6. The number of β-amino-alcohol motifs (C(OH)–C–C–N with tert-alkyl or cyclic N) is 1. The number of carboxylic acid groups (broad SMARTS) is 1. The molecule has 8 nitrogen and oxygen atoms in total. The van der Waals surface area contributed by atoms with E-state index < -0.39 is 28.0 Å². The number of nitrogens with zero attached hydrogens (tertiary/aromatic N) is 1. The molecule has 124 valence electrons. The summed E-state index contributed by atoms with van der Waals surface area (Å²) in [5.41, 5.74) is 0. The van der Waals surface area contributed by atoms with Gasteiger partial charge in [0.05, 0.1) is 43.9 Å². The Morgan fingerprint density at radius 3 is 2.76 bits per heavy atom. The molecule has 2 unspecified atom stereocenters. The van der Waals surface area contributed by atoms with E-state index in [0.29, 0.717) is 13.2 Å². The second-order valence-electron chi connectivity index (χ2n) is 5.08. The summed E-state index contributed by atoms with van der Waals surface area (Å²) < 4.78 is 33.2. The smallest absolute Gasteiger partial charge is 0.304 e. The maximum atomic E-state index is 11.6. The highest BCUT2D eigenvalue weighted by molar-refractivity contribution is 7.91. The van der Waals surface area contributed by atoms with Crippen LogP contribution in [-0.4, -0.2) is 93.2 Å². The van der Waals surface area contributed by atoms with Crippen molar-refractivity contribution in [3.8, 4) is 0 Å². The molecule has 0 amide bonds. The fraction of sp³-hybridized carbons (Fsp3) is 0.917. The molecule has 2 N–H and O–H groups in total. The van der Waals surface area contributed by atoms with Crippen LogP contribution in [0.4, 0.5) is 0 Å². The van der Waals surface area contributed by atoms with E-state index >= 15 is 0 Å². The fourth-order valence-electron chi connectivity index (χ4n) is 2.24. The Bertz CT molecular complexity index is 425. The molecule has 21 heavy (non-hydrogen) atoms. The molecule has 0 aliphatic carbocycles. The van der Waals surface area contributed by atoms with Gasteiger partial charge in [0.15, 0.2) is 9.84 Å². The van der Waals surface area contributed by atoms with Crippen molar-refractivity contribution in [1.82, 2.24) is 4.90 Å². The van der Waals surface area contributed by atoms with E-state index in [2.05, 4.69) is 0 Å². The standard InChI is InChI=1S/C12H23NO7S/c1-19-3-4-20-8-11(14)7-13-2-5-21(17,18)9-10(13)6-12(15)16/h10-11,14H,2-9H2,1H3,(H,15,16). The van der Waals surface area contributed by atoms with Crippen molar-refractivity contribution in [1.29, 1.82) is 0 Å². The van der Waals surface area contributed by atoms with Gasteiger partial charge in [-0.2, -0.15) is 0 Å². The van der Waals surface area contributed by atoms with Crippen LogP contribution in [0.3, 0.4) is 0 Å². The summed E-state index contributed by atoms with van der Waals surface area (Å²) in [6.07, 6.45) is -1.05. The SMILES string of the molecule is COCCOCC(O)CN1CCS(=O)(=O)CC1CC(=O)O. The zero-order valence-corrected chi connectivity index (χ0v) is 12.9. The molecule has 2 atom stereocenters. The Labute approximate surface area is 124 Å². The molecule has 0 aromatic rings. The Kier molecular flexibility index (Phi) is 7.53. The largest absolute Gasteiger partial charge is 0.481 e. The first-order valence-corrected chi connectivity index (χ1v) is 8.57. The predicted molar refractivity (Wildman–Crippen MR) is 75.0 cm³/mol. The van der Waals surface area contributed by atoms with Crippen LogP contribution in [0.15, 0.2) is 0 Å². The molecule has 1 fully saturated rings. The van der Waals surface area contributed by atoms with Crippen molar-refractivity contribution in [2.75, 3.05) is 51.5 Å². The normalized spacial score (nSPS) is 23.8. The lowest BCUT2D eigenvalue weighted by Gasteiger charge is -2.35. The minimum atomic E-state index is -3.20. The van der Waals surface area contributed by atoms with E-state index in [1.807, 2.05) is 0 Å². The van der Waals surface area contributed by atoms with E-state index in [1.54, 1.807) is 12.0 Å². The first kappa shape index (κ1) is 18.3. The van der Waals surface area contributed by atoms with Crippen molar-refractivity contribution in [3.63, 3.8) is 0 Å². The third-order valence-electron chi connectivity index (χ3n) is 3.25. The number of methoxy groups -OCH3 is 1. The van der Waals surface area contributed by atoms with E-state index in [4.69, 9.17) is 14.6 Å². The number of aliphatic hydroxyl groups is 1. The quantitative estimate of drug-likeness (QED) is 0.497. The highest BCUT2D eigenvalue weighted by Crippen LogP contribution is 2.15. The molecule has 1 saturated heterocycles. The molecule has 0 spiro atoms. The first-order valence-electron chi connectivity index (χ1n) is 6.75. The summed E-state index contributed by atoms with van der Waals surface area (Å²) in [5, 5.41) is 18.7. The number of aliphatic carboxylic acids is 1. The number of rotatable bonds is 9. The molecular weight excluding hydrogens is 302 g/mol. The zero-order chi connectivity index (χ0) is 15.9. The number of ether oxygens (including phenoxy) is 2. The van der Waals surface area contributed by atoms with Crippen LogP contribution in [0.2, 0.25) is 0 Å². The fourth-order valence-corrected chi connectivity index (χ4v) is 3.83. The van der Waals surface area contributed by atoms with Crippen molar-refractivity contribution < 1.29 is 32.9 Å². The third-order valence-corrected chi connectivity index (χ3v) is 4.95. The topological polar surface area (TPSA) is 113 Å². The summed E-state index contributed by atoms with van der Waals surface area (Å²) in [5.74, 6) is -1.25. The van der Waals surface area contributed by atoms with Gasteiger partial charge >= 0.3 is 5.97 Å². The summed E-state index contributed by atoms with van der Waals surface area (Å²) in [7, 11) is -1.66. The van der Waals surface area contributed by atoms with Gasteiger partial charge in [0.1, 0.15) is 0 Å². The average molecular weight is 325 g/mol. The Hall–Kier alpha value is -0.740. The van der Waals surface area contributed by atoms with Crippen LogP contribution in [-0.2, 0) is 24.1 Å². The van der Waals surface area contributed by atoms with E-state index in [9.17, 15) is 18.3 Å². The number of carboxylic acids is 1. The van der Waals surface area contributed by atoms with E-state index in [1.165, 1.54) is 0 Å². The molecule has 1 heterocycles. The van der Waals surface area contributed by atoms with Crippen molar-refractivity contribution in [2.45, 2.75) is 18.6 Å². The minimum absolute atomic E-state index is 0.0135. The van der Waals surface area contributed by atoms with Gasteiger partial charge in [-0.25, -0.2) is 8.42 Å². The Morgan fingerprint density at radius 1 is 1.43 bits per heavy atom. The van der Waals surface area contributed by atoms with Crippen LogP contribution in [0.1, 0.15) is 6.42 Å². The van der Waals surface area contributed by atoms with Gasteiger partial charge in [0.25, 0.3) is 0 Å². The van der Waals surface area contributed by atoms with Gasteiger partial charge in [-0.15, -0.1) is 0 Å². The number of sulfone groups is 1. The molecular formula is C12H23NO7S. The van der Waals surface area contributed by atoms with Crippen LogP contribution in [0.5, 0.6) is 0 Å². The highest BCUT2D eigenvalue weighted by Gasteiger charge is 2.33. The van der Waals surface area contributed by atoms with Crippen molar-refractivity contribution >= 4 is 15.8 Å². The molecule has 0 radical (unpaired) electrons. The lowest BCUT2D eigenvalue weighted by molar-refractivity contribution is -0.138. The number of hydrogen-bond donors (Lipinski definition) is 2. The highest BCUT2D eigenvalue weighted by atomic mass is 32.2. The van der Waals surface area contributed by atoms with Crippen LogP contribution in [0, 0.1) is 0 Å². The molecule has 0 bridgehead atoms. The van der Waals surface area contributed by atoms with Gasteiger partial charge in [-0.3, -0.25) is 9.69 Å². The molecule has 1 aliphatic rings. The molecule has 0 aromatic heterocycles. The minimum Gasteiger partial charge on any atom is -0.481 e. The summed E-state index contributed by atoms with van der Waals surface area (Å²) in [6, 6.07) is -0.602. The second-order valence-corrected chi connectivity index (χ2v) is 7.31. The van der Waals surface area contributed by atoms with Gasteiger partial charge in [-0.1, -0.05) is 0 Å². The van der Waals surface area contributed by atoms with Gasteiger partial charge in [0.2, 0.25) is 0 Å². The van der Waals surface area contributed by atoms with E-state index in [0.717, 1.165) is 0 Å². The molecule has 1 aliphatic heterocycles. The van der Waals surface area contributed by atoms with Crippen LogP contribution < -0.4 is 0 Å². The Morgan fingerprint density at radius 2 is 2.14 bits per heavy atom. The second kappa shape index (κ2) is 8.64. The number of carbonyl (C=O) groups is 1. The zero-order valence-electron chi connectivity index (χ0n) is 12.1. The summed E-state index contributed by atoms with van der Waals surface area (Å²) in [4.78, 5) is 12.5. The molecule has 0 aromatic carbocycles. The molecule has 9 heteroatoms. The summed E-state index contributed by atoms with van der Waals surface area (Å²) >= 11 is 0.